The number of Topliss-reactive ketones (excluding diaryl/α,β-unsaturated/α-hetero) is 2. The van der Waals surface area contributed by atoms with Gasteiger partial charge in [-0.25, -0.2) is 4.79 Å². The molecule has 220 valence electrons. The minimum absolute atomic E-state index is 0.00196. The fourth-order valence-corrected chi connectivity index (χ4v) is 9.18. The van der Waals surface area contributed by atoms with Crippen LogP contribution in [0.3, 0.4) is 0 Å². The lowest BCUT2D eigenvalue weighted by Crippen LogP contribution is -2.77. The predicted molar refractivity (Wildman–Crippen MR) is 139 cm³/mol. The summed E-state index contributed by atoms with van der Waals surface area (Å²) in [5.74, 6) is -6.08. The average Bonchev–Trinajstić information content (AvgIpc) is 2.83. The molecule has 0 aromatic heterocycles. The first-order valence-electron chi connectivity index (χ1n) is 13.7. The highest BCUT2D eigenvalue weighted by atomic mass is 16.6. The van der Waals surface area contributed by atoms with Gasteiger partial charge >= 0.3 is 23.9 Å². The number of hydrogen-bond acceptors (Lipinski definition) is 10. The molecule has 0 N–H and O–H groups in total. The summed E-state index contributed by atoms with van der Waals surface area (Å²) in [7, 11) is 1.10. The second-order valence-corrected chi connectivity index (χ2v) is 13.4. The molecule has 0 radical (unpaired) electrons. The number of cyclic esters (lactones) is 1. The van der Waals surface area contributed by atoms with Crippen LogP contribution in [0.5, 0.6) is 0 Å². The lowest BCUT2D eigenvalue weighted by Gasteiger charge is -2.70. The van der Waals surface area contributed by atoms with Crippen LogP contribution in [0, 0.1) is 39.4 Å². The van der Waals surface area contributed by atoms with Gasteiger partial charge in [0.05, 0.1) is 18.4 Å². The van der Waals surface area contributed by atoms with Gasteiger partial charge in [0, 0.05) is 37.0 Å². The van der Waals surface area contributed by atoms with Crippen molar-refractivity contribution in [3.05, 3.63) is 12.2 Å². The zero-order valence-electron chi connectivity index (χ0n) is 24.8. The molecule has 10 heteroatoms. The predicted octanol–water partition coefficient (Wildman–Crippen LogP) is 3.14. The van der Waals surface area contributed by atoms with E-state index in [1.54, 1.807) is 13.8 Å². The zero-order chi connectivity index (χ0) is 30.4. The monoisotopic (exact) mass is 560 g/mol. The largest absolute Gasteiger partial charge is 0.466 e. The Morgan fingerprint density at radius 1 is 0.950 bits per heavy atom. The normalized spacial score (nSPS) is 43.9. The number of esters is 4. The van der Waals surface area contributed by atoms with Gasteiger partial charge in [-0.2, -0.15) is 0 Å². The smallest absolute Gasteiger partial charge is 0.358 e. The highest BCUT2D eigenvalue weighted by molar-refractivity contribution is 6.15. The van der Waals surface area contributed by atoms with Gasteiger partial charge in [-0.3, -0.25) is 24.0 Å². The number of ketones is 2. The van der Waals surface area contributed by atoms with Crippen molar-refractivity contribution >= 4 is 35.4 Å². The first-order chi connectivity index (χ1) is 18.2. The van der Waals surface area contributed by atoms with Crippen LogP contribution >= 0.6 is 0 Å². The molecule has 1 saturated heterocycles. The zero-order valence-corrected chi connectivity index (χ0v) is 24.8. The molecule has 0 aromatic rings. The molecule has 3 saturated carbocycles. The lowest BCUT2D eigenvalue weighted by atomic mass is 9.34. The van der Waals surface area contributed by atoms with Gasteiger partial charge in [-0.15, -0.1) is 0 Å². The summed E-state index contributed by atoms with van der Waals surface area (Å²) in [4.78, 5) is 79.5. The van der Waals surface area contributed by atoms with Crippen LogP contribution in [0.15, 0.2) is 12.2 Å². The van der Waals surface area contributed by atoms with Crippen LogP contribution in [0.25, 0.3) is 0 Å². The molecule has 0 spiro atoms. The van der Waals surface area contributed by atoms with Crippen molar-refractivity contribution in [2.45, 2.75) is 92.5 Å². The summed E-state index contributed by atoms with van der Waals surface area (Å²) >= 11 is 0. The minimum Gasteiger partial charge on any atom is -0.466 e. The maximum atomic E-state index is 14.2. The van der Waals surface area contributed by atoms with E-state index in [1.807, 2.05) is 20.8 Å². The number of allylic oxidation sites excluding steroid dienone is 1. The molecule has 9 atom stereocenters. The van der Waals surface area contributed by atoms with E-state index >= 15 is 0 Å². The Morgan fingerprint density at radius 3 is 2.05 bits per heavy atom. The fourth-order valence-electron chi connectivity index (χ4n) is 9.18. The summed E-state index contributed by atoms with van der Waals surface area (Å²) in [6.07, 6.45) is -1.34. The number of carbonyl (C=O) groups excluding carboxylic acids is 6. The summed E-state index contributed by atoms with van der Waals surface area (Å²) in [5, 5.41) is 0. The van der Waals surface area contributed by atoms with Gasteiger partial charge < -0.3 is 18.9 Å². The van der Waals surface area contributed by atoms with Crippen LogP contribution < -0.4 is 0 Å². The SMILES string of the molecule is C=C1C[C@@H]2[C@@]3(C)CCC(=O)C(C)(C)[C@@H]3[C@@H](OC(C)=O)[C@H](OC(C)=O)[C@@]2(C)[C@@H]2C(=O)O[C@@](C)(C(=O)OC)C(=O)[C@@]12C. The van der Waals surface area contributed by atoms with Crippen LogP contribution in [-0.4, -0.2) is 60.4 Å². The minimum atomic E-state index is -2.20. The molecular formula is C30H40O10. The standard InChI is InChI=1S/C30H40O10/c1-14-13-17-27(6)12-11-18(33)26(4,5)20(27)19(38-15(2)31)22(39-16(3)32)29(17,8)21-23(34)40-30(9,25(36)37-10)24(35)28(14,21)7/h17,19-22H,1,11-13H2,2-10H3/t17-,19-,20+,21-,22+,27-,28+,29-,30-/m1/s1. The molecular weight excluding hydrogens is 520 g/mol. The van der Waals surface area contributed by atoms with Crippen molar-refractivity contribution in [2.75, 3.05) is 7.11 Å². The molecule has 4 fully saturated rings. The Balaban J connectivity index is 2.04. The molecule has 1 aliphatic heterocycles. The van der Waals surface area contributed by atoms with Gasteiger partial charge in [0.1, 0.15) is 18.0 Å². The van der Waals surface area contributed by atoms with Crippen molar-refractivity contribution in [1.82, 2.24) is 0 Å². The third-order valence-corrected chi connectivity index (χ3v) is 10.9. The van der Waals surface area contributed by atoms with E-state index in [9.17, 15) is 28.8 Å². The van der Waals surface area contributed by atoms with Crippen molar-refractivity contribution < 1.29 is 47.7 Å². The highest BCUT2D eigenvalue weighted by Crippen LogP contribution is 2.73. The number of hydrogen-bond donors (Lipinski definition) is 0. The molecule has 0 amide bonds. The van der Waals surface area contributed by atoms with E-state index < -0.39 is 86.9 Å². The van der Waals surface area contributed by atoms with Gasteiger partial charge in [0.25, 0.3) is 5.60 Å². The Labute approximate surface area is 234 Å². The Bertz CT molecular complexity index is 1230. The topological polar surface area (TPSA) is 139 Å². The third-order valence-electron chi connectivity index (χ3n) is 10.9. The highest BCUT2D eigenvalue weighted by Gasteiger charge is 2.79. The molecule has 4 aliphatic rings. The number of fused-ring (bicyclic) bond motifs is 5. The van der Waals surface area contributed by atoms with Gasteiger partial charge in [0.2, 0.25) is 0 Å². The van der Waals surface area contributed by atoms with Crippen molar-refractivity contribution in [3.63, 3.8) is 0 Å². The quantitative estimate of drug-likeness (QED) is 0.219. The van der Waals surface area contributed by atoms with Crippen molar-refractivity contribution in [3.8, 4) is 0 Å². The summed E-state index contributed by atoms with van der Waals surface area (Å²) in [6.45, 7) is 16.9. The molecule has 0 aromatic carbocycles. The van der Waals surface area contributed by atoms with E-state index in [2.05, 4.69) is 6.58 Å². The van der Waals surface area contributed by atoms with E-state index in [0.29, 0.717) is 12.0 Å². The second-order valence-electron chi connectivity index (χ2n) is 13.4. The van der Waals surface area contributed by atoms with Crippen LogP contribution in [0.4, 0.5) is 0 Å². The van der Waals surface area contributed by atoms with Gasteiger partial charge in [-0.05, 0) is 38.0 Å². The first-order valence-corrected chi connectivity index (χ1v) is 13.7. The molecule has 40 heavy (non-hydrogen) atoms. The van der Waals surface area contributed by atoms with Crippen LogP contribution in [-0.2, 0) is 47.7 Å². The molecule has 4 rings (SSSR count). The maximum absolute atomic E-state index is 14.2. The fraction of sp³-hybridized carbons (Fsp3) is 0.733. The number of ether oxygens (including phenoxy) is 4. The maximum Gasteiger partial charge on any atom is 0.358 e. The second kappa shape index (κ2) is 8.98. The number of methoxy groups -OCH3 is 1. The van der Waals surface area contributed by atoms with Crippen molar-refractivity contribution in [2.24, 2.45) is 39.4 Å². The average molecular weight is 561 g/mol. The number of rotatable bonds is 3. The van der Waals surface area contributed by atoms with Crippen molar-refractivity contribution in [1.29, 1.82) is 0 Å². The van der Waals surface area contributed by atoms with Crippen LogP contribution in [0.2, 0.25) is 0 Å². The molecule has 1 heterocycles. The Morgan fingerprint density at radius 2 is 1.52 bits per heavy atom. The first kappa shape index (κ1) is 29.9. The lowest BCUT2D eigenvalue weighted by molar-refractivity contribution is -0.280. The van der Waals surface area contributed by atoms with Gasteiger partial charge in [0.15, 0.2) is 5.78 Å². The molecule has 3 aliphatic carbocycles. The van der Waals surface area contributed by atoms with Gasteiger partial charge in [-0.1, -0.05) is 39.8 Å². The van der Waals surface area contributed by atoms with E-state index in [0.717, 1.165) is 7.11 Å². The Hall–Kier alpha value is -3.04. The van der Waals surface area contributed by atoms with Crippen LogP contribution in [0.1, 0.15) is 74.7 Å². The van der Waals surface area contributed by atoms with E-state index in [1.165, 1.54) is 20.8 Å². The summed E-state index contributed by atoms with van der Waals surface area (Å²) < 4.78 is 22.4. The summed E-state index contributed by atoms with van der Waals surface area (Å²) in [6, 6.07) is 0. The molecule has 0 unspecified atom stereocenters. The third kappa shape index (κ3) is 3.59. The summed E-state index contributed by atoms with van der Waals surface area (Å²) in [5.41, 5.74) is -6.31. The van der Waals surface area contributed by atoms with E-state index in [4.69, 9.17) is 18.9 Å². The molecule has 0 bridgehead atoms. The molecule has 10 nitrogen and oxygen atoms in total. The Kier molecular flexibility index (Phi) is 6.72. The number of carbonyl (C=O) groups is 6. The van der Waals surface area contributed by atoms with E-state index in [-0.39, 0.29) is 18.6 Å².